The molecule has 2 aromatic heterocycles. The van der Waals surface area contributed by atoms with Crippen LogP contribution in [0.5, 0.6) is 0 Å². The first-order valence-corrected chi connectivity index (χ1v) is 7.88. The molecule has 0 fully saturated rings. The molecule has 124 valence electrons. The van der Waals surface area contributed by atoms with Gasteiger partial charge in [0.25, 0.3) is 11.8 Å². The third kappa shape index (κ3) is 2.67. The van der Waals surface area contributed by atoms with Crippen LogP contribution in [-0.4, -0.2) is 48.5 Å². The summed E-state index contributed by atoms with van der Waals surface area (Å²) < 4.78 is 1.63. The minimum atomic E-state index is -0.248. The first kappa shape index (κ1) is 15.1. The number of fused-ring (bicyclic) bond motifs is 1. The van der Waals surface area contributed by atoms with Crippen molar-refractivity contribution in [3.8, 4) is 11.5 Å². The van der Waals surface area contributed by atoms with Gasteiger partial charge in [-0.3, -0.25) is 19.5 Å². The second-order valence-corrected chi connectivity index (χ2v) is 5.60. The predicted octanol–water partition coefficient (Wildman–Crippen LogP) is 1.42. The van der Waals surface area contributed by atoms with Crippen molar-refractivity contribution in [3.63, 3.8) is 0 Å². The highest BCUT2D eigenvalue weighted by Crippen LogP contribution is 2.22. The van der Waals surface area contributed by atoms with Crippen LogP contribution < -0.4 is 0 Å². The van der Waals surface area contributed by atoms with Crippen molar-refractivity contribution in [1.82, 2.24) is 30.1 Å². The van der Waals surface area contributed by atoms with E-state index < -0.39 is 0 Å². The number of tetrazole rings is 1. The first-order valence-electron chi connectivity index (χ1n) is 7.88. The highest BCUT2D eigenvalue weighted by atomic mass is 16.2. The number of benzene rings is 1. The van der Waals surface area contributed by atoms with Crippen molar-refractivity contribution in [2.75, 3.05) is 6.54 Å². The monoisotopic (exact) mass is 334 g/mol. The van der Waals surface area contributed by atoms with E-state index in [9.17, 15) is 9.59 Å². The molecule has 0 bridgehead atoms. The van der Waals surface area contributed by atoms with Gasteiger partial charge >= 0.3 is 0 Å². The summed E-state index contributed by atoms with van der Waals surface area (Å²) in [5, 5.41) is 11.6. The van der Waals surface area contributed by atoms with Crippen LogP contribution in [0, 0.1) is 0 Å². The molecule has 8 heteroatoms. The standard InChI is InChI=1S/C17H14N6O2/c24-16-12-6-1-2-7-13(12)17(25)22(16)10-5-11-23-15(19-20-21-23)14-8-3-4-9-18-14/h1-4,6-9H,5,10-11H2. The summed E-state index contributed by atoms with van der Waals surface area (Å²) in [6.07, 6.45) is 2.23. The lowest BCUT2D eigenvalue weighted by Gasteiger charge is -2.13. The third-order valence-electron chi connectivity index (χ3n) is 4.06. The van der Waals surface area contributed by atoms with E-state index in [1.807, 2.05) is 18.2 Å². The summed E-state index contributed by atoms with van der Waals surface area (Å²) in [6, 6.07) is 12.4. The minimum Gasteiger partial charge on any atom is -0.274 e. The molecule has 0 spiro atoms. The zero-order valence-electron chi connectivity index (χ0n) is 13.2. The summed E-state index contributed by atoms with van der Waals surface area (Å²) in [5.41, 5.74) is 1.60. The Kier molecular flexibility index (Phi) is 3.77. The Labute approximate surface area is 143 Å². The van der Waals surface area contributed by atoms with E-state index in [1.54, 1.807) is 35.1 Å². The molecule has 0 aliphatic carbocycles. The Bertz CT molecular complexity index is 902. The molecular weight excluding hydrogens is 320 g/mol. The first-order chi connectivity index (χ1) is 12.3. The lowest BCUT2D eigenvalue weighted by Crippen LogP contribution is -2.31. The maximum atomic E-state index is 12.3. The molecule has 0 radical (unpaired) electrons. The van der Waals surface area contributed by atoms with Crippen molar-refractivity contribution in [1.29, 1.82) is 0 Å². The maximum absolute atomic E-state index is 12.3. The van der Waals surface area contributed by atoms with E-state index in [0.717, 1.165) is 0 Å². The summed E-state index contributed by atoms with van der Waals surface area (Å²) in [5.74, 6) is 0.0625. The molecule has 1 aromatic carbocycles. The van der Waals surface area contributed by atoms with Crippen LogP contribution in [0.15, 0.2) is 48.7 Å². The molecule has 0 N–H and O–H groups in total. The molecule has 3 aromatic rings. The van der Waals surface area contributed by atoms with Crippen molar-refractivity contribution in [2.45, 2.75) is 13.0 Å². The Morgan fingerprint density at radius 1 is 0.880 bits per heavy atom. The van der Waals surface area contributed by atoms with Crippen molar-refractivity contribution in [2.24, 2.45) is 0 Å². The number of amides is 2. The Morgan fingerprint density at radius 2 is 1.60 bits per heavy atom. The van der Waals surface area contributed by atoms with Gasteiger partial charge in [0.2, 0.25) is 5.82 Å². The molecule has 4 rings (SSSR count). The van der Waals surface area contributed by atoms with Crippen molar-refractivity contribution >= 4 is 11.8 Å². The fraction of sp³-hybridized carbons (Fsp3) is 0.176. The van der Waals surface area contributed by atoms with E-state index >= 15 is 0 Å². The van der Waals surface area contributed by atoms with E-state index in [2.05, 4.69) is 20.5 Å². The van der Waals surface area contributed by atoms with Gasteiger partial charge in [0.15, 0.2) is 0 Å². The molecule has 1 aliphatic heterocycles. The number of imide groups is 1. The quantitative estimate of drug-likeness (QED) is 0.655. The van der Waals surface area contributed by atoms with Gasteiger partial charge in [0.1, 0.15) is 5.69 Å². The molecule has 0 atom stereocenters. The van der Waals surface area contributed by atoms with Crippen LogP contribution in [0.3, 0.4) is 0 Å². The summed E-state index contributed by atoms with van der Waals surface area (Å²) in [4.78, 5) is 30.2. The van der Waals surface area contributed by atoms with E-state index in [1.165, 1.54) is 4.90 Å². The van der Waals surface area contributed by atoms with Gasteiger partial charge in [-0.15, -0.1) is 5.10 Å². The van der Waals surface area contributed by atoms with Gasteiger partial charge in [-0.2, -0.15) is 0 Å². The molecule has 8 nitrogen and oxygen atoms in total. The molecule has 0 saturated carbocycles. The maximum Gasteiger partial charge on any atom is 0.261 e. The number of aromatic nitrogens is 5. The fourth-order valence-electron chi connectivity index (χ4n) is 2.85. The largest absolute Gasteiger partial charge is 0.274 e. The van der Waals surface area contributed by atoms with Gasteiger partial charge in [-0.1, -0.05) is 18.2 Å². The third-order valence-corrected chi connectivity index (χ3v) is 4.06. The van der Waals surface area contributed by atoms with Crippen LogP contribution in [0.1, 0.15) is 27.1 Å². The molecule has 1 aliphatic rings. The van der Waals surface area contributed by atoms with Gasteiger partial charge in [-0.25, -0.2) is 4.68 Å². The average molecular weight is 334 g/mol. The van der Waals surface area contributed by atoms with E-state index in [-0.39, 0.29) is 11.8 Å². The molecule has 0 saturated heterocycles. The number of hydrogen-bond acceptors (Lipinski definition) is 6. The van der Waals surface area contributed by atoms with E-state index in [0.29, 0.717) is 42.2 Å². The lowest BCUT2D eigenvalue weighted by atomic mass is 10.1. The molecule has 3 heterocycles. The highest BCUT2D eigenvalue weighted by molar-refractivity contribution is 6.21. The molecular formula is C17H14N6O2. The van der Waals surface area contributed by atoms with Crippen LogP contribution in [0.2, 0.25) is 0 Å². The smallest absolute Gasteiger partial charge is 0.261 e. The zero-order chi connectivity index (χ0) is 17.2. The van der Waals surface area contributed by atoms with Crippen molar-refractivity contribution < 1.29 is 9.59 Å². The number of carbonyl (C=O) groups is 2. The van der Waals surface area contributed by atoms with Gasteiger partial charge in [0, 0.05) is 19.3 Å². The Morgan fingerprint density at radius 3 is 2.28 bits per heavy atom. The number of carbonyl (C=O) groups excluding carboxylic acids is 2. The van der Waals surface area contributed by atoms with Gasteiger partial charge in [0.05, 0.1) is 11.1 Å². The topological polar surface area (TPSA) is 93.9 Å². The SMILES string of the molecule is O=C1c2ccccc2C(=O)N1CCCn1nnnc1-c1ccccn1. The number of rotatable bonds is 5. The van der Waals surface area contributed by atoms with Crippen LogP contribution in [-0.2, 0) is 6.54 Å². The fourth-order valence-corrected chi connectivity index (χ4v) is 2.85. The van der Waals surface area contributed by atoms with Crippen LogP contribution in [0.4, 0.5) is 0 Å². The highest BCUT2D eigenvalue weighted by Gasteiger charge is 2.34. The minimum absolute atomic E-state index is 0.248. The number of pyridine rings is 1. The van der Waals surface area contributed by atoms with E-state index in [4.69, 9.17) is 0 Å². The Hall–Kier alpha value is -3.42. The van der Waals surface area contributed by atoms with Crippen LogP contribution >= 0.6 is 0 Å². The summed E-state index contributed by atoms with van der Waals surface area (Å²) in [7, 11) is 0. The van der Waals surface area contributed by atoms with Gasteiger partial charge in [-0.05, 0) is 41.1 Å². The molecule has 25 heavy (non-hydrogen) atoms. The van der Waals surface area contributed by atoms with Crippen LogP contribution in [0.25, 0.3) is 11.5 Å². The number of aryl methyl sites for hydroxylation is 1. The summed E-state index contributed by atoms with van der Waals surface area (Å²) >= 11 is 0. The predicted molar refractivity (Wildman–Crippen MR) is 87.5 cm³/mol. The molecule has 2 amide bonds. The second kappa shape index (κ2) is 6.23. The molecule has 0 unspecified atom stereocenters. The zero-order valence-corrected chi connectivity index (χ0v) is 13.2. The van der Waals surface area contributed by atoms with Gasteiger partial charge < -0.3 is 0 Å². The lowest BCUT2D eigenvalue weighted by molar-refractivity contribution is 0.0650. The van der Waals surface area contributed by atoms with Crippen molar-refractivity contribution in [3.05, 3.63) is 59.8 Å². The Balaban J connectivity index is 1.44. The summed E-state index contributed by atoms with van der Waals surface area (Å²) in [6.45, 7) is 0.792. The normalized spacial score (nSPS) is 13.4. The number of nitrogens with zero attached hydrogens (tertiary/aromatic N) is 6. The average Bonchev–Trinajstić information content (AvgIpc) is 3.22. The number of hydrogen-bond donors (Lipinski definition) is 0. The second-order valence-electron chi connectivity index (χ2n) is 5.60.